The molecule has 104 valence electrons. The van der Waals surface area contributed by atoms with Gasteiger partial charge >= 0.3 is 5.97 Å². The molecule has 1 heterocycles. The number of nitrogens with one attached hydrogen (secondary N) is 1. The number of aromatic carboxylic acids is 1. The number of nitriles is 1. The van der Waals surface area contributed by atoms with E-state index in [1.165, 1.54) is 29.5 Å². The zero-order valence-corrected chi connectivity index (χ0v) is 11.6. The summed E-state index contributed by atoms with van der Waals surface area (Å²) in [5, 5.41) is 24.2. The zero-order valence-electron chi connectivity index (χ0n) is 10.7. The predicted octanol–water partition coefficient (Wildman–Crippen LogP) is 2.99. The molecule has 2 rings (SSSR count). The standard InChI is InChI=1S/C15H10N2O3S/c16-8-11(7-10-5-6-21-9-10)14(18)17-13-4-2-1-3-12(13)15(19)20/h1-7,9H,(H,17,18)(H,19,20)/b11-7-. The van der Waals surface area contributed by atoms with Crippen LogP contribution in [0, 0.1) is 11.3 Å². The number of para-hydroxylation sites is 1. The van der Waals surface area contributed by atoms with Gasteiger partial charge in [0.2, 0.25) is 0 Å². The topological polar surface area (TPSA) is 90.2 Å². The summed E-state index contributed by atoms with van der Waals surface area (Å²) in [4.78, 5) is 23.1. The molecule has 5 nitrogen and oxygen atoms in total. The van der Waals surface area contributed by atoms with Gasteiger partial charge in [-0.2, -0.15) is 16.6 Å². The highest BCUT2D eigenvalue weighted by atomic mass is 32.1. The molecule has 1 aromatic carbocycles. The summed E-state index contributed by atoms with van der Waals surface area (Å²) in [6.07, 6.45) is 1.45. The first kappa shape index (κ1) is 14.5. The second-order valence-electron chi connectivity index (χ2n) is 4.03. The van der Waals surface area contributed by atoms with Crippen molar-refractivity contribution in [3.63, 3.8) is 0 Å². The van der Waals surface area contributed by atoms with Crippen molar-refractivity contribution in [2.24, 2.45) is 0 Å². The van der Waals surface area contributed by atoms with Gasteiger partial charge in [-0.1, -0.05) is 12.1 Å². The predicted molar refractivity (Wildman–Crippen MR) is 79.9 cm³/mol. The van der Waals surface area contributed by atoms with E-state index in [0.717, 1.165) is 5.56 Å². The summed E-state index contributed by atoms with van der Waals surface area (Å²) >= 11 is 1.45. The monoisotopic (exact) mass is 298 g/mol. The number of hydrogen-bond acceptors (Lipinski definition) is 4. The number of nitrogens with zero attached hydrogens (tertiary/aromatic N) is 1. The van der Waals surface area contributed by atoms with Gasteiger partial charge in [-0.05, 0) is 40.6 Å². The number of amides is 1. The van der Waals surface area contributed by atoms with Crippen molar-refractivity contribution in [1.29, 1.82) is 5.26 Å². The highest BCUT2D eigenvalue weighted by molar-refractivity contribution is 7.08. The van der Waals surface area contributed by atoms with Gasteiger partial charge in [-0.15, -0.1) is 0 Å². The van der Waals surface area contributed by atoms with Crippen LogP contribution in [0.4, 0.5) is 5.69 Å². The Morgan fingerprint density at radius 1 is 1.29 bits per heavy atom. The molecule has 1 amide bonds. The summed E-state index contributed by atoms with van der Waals surface area (Å²) in [5.74, 6) is -1.79. The maximum atomic E-state index is 12.1. The quantitative estimate of drug-likeness (QED) is 0.670. The lowest BCUT2D eigenvalue weighted by molar-refractivity contribution is -0.112. The average Bonchev–Trinajstić information content (AvgIpc) is 2.98. The largest absolute Gasteiger partial charge is 0.478 e. The fraction of sp³-hybridized carbons (Fsp3) is 0. The van der Waals surface area contributed by atoms with Crippen LogP contribution in [0.3, 0.4) is 0 Å². The Balaban J connectivity index is 2.25. The number of carbonyl (C=O) groups excluding carboxylic acids is 1. The minimum Gasteiger partial charge on any atom is -0.478 e. The summed E-state index contributed by atoms with van der Waals surface area (Å²) in [7, 11) is 0. The molecule has 0 aliphatic rings. The van der Waals surface area contributed by atoms with E-state index in [9.17, 15) is 9.59 Å². The first-order valence-electron chi connectivity index (χ1n) is 5.89. The van der Waals surface area contributed by atoms with Crippen molar-refractivity contribution in [3.05, 3.63) is 57.8 Å². The van der Waals surface area contributed by atoms with Gasteiger partial charge in [0.25, 0.3) is 5.91 Å². The molecular formula is C15H10N2O3S. The molecule has 2 N–H and O–H groups in total. The van der Waals surface area contributed by atoms with Crippen LogP contribution in [-0.4, -0.2) is 17.0 Å². The maximum absolute atomic E-state index is 12.1. The summed E-state index contributed by atoms with van der Waals surface area (Å²) in [6, 6.07) is 9.62. The van der Waals surface area contributed by atoms with Crippen molar-refractivity contribution in [2.75, 3.05) is 5.32 Å². The molecule has 1 aromatic heterocycles. The fourth-order valence-corrected chi connectivity index (χ4v) is 2.26. The van der Waals surface area contributed by atoms with E-state index >= 15 is 0 Å². The number of rotatable bonds is 4. The van der Waals surface area contributed by atoms with Gasteiger partial charge in [0.15, 0.2) is 0 Å². The van der Waals surface area contributed by atoms with Crippen molar-refractivity contribution in [1.82, 2.24) is 0 Å². The van der Waals surface area contributed by atoms with Gasteiger partial charge in [0.05, 0.1) is 11.3 Å². The minimum absolute atomic E-state index is 0.0290. The normalized spacial score (nSPS) is 10.7. The number of carboxylic acids is 1. The zero-order chi connectivity index (χ0) is 15.2. The first-order valence-corrected chi connectivity index (χ1v) is 6.84. The third-order valence-corrected chi connectivity index (χ3v) is 3.33. The molecule has 6 heteroatoms. The number of anilines is 1. The van der Waals surface area contributed by atoms with Crippen molar-refractivity contribution in [3.8, 4) is 6.07 Å². The van der Waals surface area contributed by atoms with E-state index in [-0.39, 0.29) is 16.8 Å². The molecule has 0 aliphatic carbocycles. The fourth-order valence-electron chi connectivity index (χ4n) is 1.64. The summed E-state index contributed by atoms with van der Waals surface area (Å²) < 4.78 is 0. The van der Waals surface area contributed by atoms with E-state index < -0.39 is 11.9 Å². The third-order valence-electron chi connectivity index (χ3n) is 2.62. The number of carbonyl (C=O) groups is 2. The third kappa shape index (κ3) is 3.55. The van der Waals surface area contributed by atoms with Crippen molar-refractivity contribution in [2.45, 2.75) is 0 Å². The van der Waals surface area contributed by atoms with Crippen LogP contribution in [0.15, 0.2) is 46.7 Å². The van der Waals surface area contributed by atoms with Gasteiger partial charge < -0.3 is 10.4 Å². The highest BCUT2D eigenvalue weighted by Crippen LogP contribution is 2.17. The van der Waals surface area contributed by atoms with Crippen LogP contribution in [0.1, 0.15) is 15.9 Å². The van der Waals surface area contributed by atoms with Crippen molar-refractivity contribution < 1.29 is 14.7 Å². The lowest BCUT2D eigenvalue weighted by Crippen LogP contribution is -2.16. The van der Waals surface area contributed by atoms with Crippen LogP contribution < -0.4 is 5.32 Å². The van der Waals surface area contributed by atoms with Crippen LogP contribution in [-0.2, 0) is 4.79 Å². The van der Waals surface area contributed by atoms with Crippen LogP contribution in [0.25, 0.3) is 6.08 Å². The minimum atomic E-state index is -1.15. The Kier molecular flexibility index (Phi) is 4.49. The maximum Gasteiger partial charge on any atom is 0.337 e. The molecule has 0 aliphatic heterocycles. The van der Waals surface area contributed by atoms with E-state index in [1.807, 2.05) is 11.4 Å². The van der Waals surface area contributed by atoms with Gasteiger partial charge in [0, 0.05) is 0 Å². The molecule has 0 fully saturated rings. The average molecular weight is 298 g/mol. The van der Waals surface area contributed by atoms with Crippen molar-refractivity contribution >= 4 is 35.0 Å². The molecule has 0 unspecified atom stereocenters. The molecule has 0 saturated carbocycles. The Morgan fingerprint density at radius 3 is 2.67 bits per heavy atom. The second kappa shape index (κ2) is 6.50. The number of benzene rings is 1. The molecule has 0 saturated heterocycles. The molecule has 0 bridgehead atoms. The SMILES string of the molecule is N#C/C(=C/c1ccsc1)C(=O)Nc1ccccc1C(=O)O. The van der Waals surface area contributed by atoms with Gasteiger partial charge in [0.1, 0.15) is 11.6 Å². The van der Waals surface area contributed by atoms with Gasteiger partial charge in [-0.25, -0.2) is 4.79 Å². The Morgan fingerprint density at radius 2 is 2.05 bits per heavy atom. The molecule has 21 heavy (non-hydrogen) atoms. The summed E-state index contributed by atoms with van der Waals surface area (Å²) in [5.41, 5.74) is 0.784. The lowest BCUT2D eigenvalue weighted by atomic mass is 10.1. The number of hydrogen-bond donors (Lipinski definition) is 2. The first-order chi connectivity index (χ1) is 10.1. The van der Waals surface area contributed by atoms with Crippen LogP contribution >= 0.6 is 11.3 Å². The Bertz CT molecular complexity index is 743. The Hall–Kier alpha value is -2.91. The molecule has 0 atom stereocenters. The van der Waals surface area contributed by atoms with Crippen LogP contribution in [0.5, 0.6) is 0 Å². The summed E-state index contributed by atoms with van der Waals surface area (Å²) in [6.45, 7) is 0. The Labute approximate surface area is 124 Å². The van der Waals surface area contributed by atoms with E-state index in [2.05, 4.69) is 5.32 Å². The van der Waals surface area contributed by atoms with E-state index in [4.69, 9.17) is 10.4 Å². The highest BCUT2D eigenvalue weighted by Gasteiger charge is 2.14. The van der Waals surface area contributed by atoms with Gasteiger partial charge in [-0.3, -0.25) is 4.79 Å². The molecule has 2 aromatic rings. The molecule has 0 spiro atoms. The van der Waals surface area contributed by atoms with Crippen LogP contribution in [0.2, 0.25) is 0 Å². The number of thiophene rings is 1. The number of carboxylic acid groups (broad SMARTS) is 1. The van der Waals surface area contributed by atoms with E-state index in [0.29, 0.717) is 0 Å². The molecule has 0 radical (unpaired) electrons. The smallest absolute Gasteiger partial charge is 0.337 e. The van der Waals surface area contributed by atoms with E-state index in [1.54, 1.807) is 23.6 Å². The second-order valence-corrected chi connectivity index (χ2v) is 4.81. The lowest BCUT2D eigenvalue weighted by Gasteiger charge is -2.07. The molecular weight excluding hydrogens is 288 g/mol.